The van der Waals surface area contributed by atoms with Crippen molar-refractivity contribution in [2.24, 2.45) is 11.3 Å². The zero-order chi connectivity index (χ0) is 13.1. The molecule has 1 N–H and O–H groups in total. The van der Waals surface area contributed by atoms with Crippen LogP contribution >= 0.6 is 0 Å². The molecule has 102 valence electrons. The first-order valence-corrected chi connectivity index (χ1v) is 6.91. The average molecular weight is 247 g/mol. The molecule has 1 aliphatic carbocycles. The molecule has 1 nitrogen and oxygen atoms in total. The summed E-state index contributed by atoms with van der Waals surface area (Å²) in [5, 5.41) is 3.06. The van der Waals surface area contributed by atoms with Crippen LogP contribution in [0.1, 0.15) is 59.8 Å². The molecule has 1 atom stereocenters. The fraction of sp³-hybridized carbons (Fsp3) is 1.00. The Morgan fingerprint density at radius 2 is 1.71 bits per heavy atom. The van der Waals surface area contributed by atoms with E-state index in [1.807, 2.05) is 0 Å². The molecule has 1 aliphatic rings. The lowest BCUT2D eigenvalue weighted by Crippen LogP contribution is -2.43. The van der Waals surface area contributed by atoms with E-state index >= 15 is 0 Å². The van der Waals surface area contributed by atoms with Gasteiger partial charge in [-0.25, -0.2) is 8.78 Å². The normalized spacial score (nSPS) is 28.4. The molecule has 3 heteroatoms. The second-order valence-electron chi connectivity index (χ2n) is 6.18. The van der Waals surface area contributed by atoms with Crippen LogP contribution < -0.4 is 5.32 Å². The molecular formula is C14H27F2N. The van der Waals surface area contributed by atoms with Crippen molar-refractivity contribution >= 4 is 0 Å². The van der Waals surface area contributed by atoms with E-state index in [9.17, 15) is 8.78 Å². The van der Waals surface area contributed by atoms with Gasteiger partial charge < -0.3 is 5.32 Å². The van der Waals surface area contributed by atoms with Crippen molar-refractivity contribution in [3.63, 3.8) is 0 Å². The van der Waals surface area contributed by atoms with Gasteiger partial charge in [-0.05, 0) is 43.9 Å². The maximum atomic E-state index is 12.4. The van der Waals surface area contributed by atoms with Gasteiger partial charge in [-0.3, -0.25) is 0 Å². The SMILES string of the molecule is CCC(C)(C)C1CCC(NC(C)C(F)F)CC1. The summed E-state index contributed by atoms with van der Waals surface area (Å²) in [5.74, 6) is 0.757. The third-order valence-corrected chi connectivity index (χ3v) is 4.62. The van der Waals surface area contributed by atoms with E-state index in [0.717, 1.165) is 18.8 Å². The Hall–Kier alpha value is -0.180. The molecule has 0 aromatic carbocycles. The molecule has 1 saturated carbocycles. The number of hydrogen-bond acceptors (Lipinski definition) is 1. The summed E-state index contributed by atoms with van der Waals surface area (Å²) in [5.41, 5.74) is 0.402. The Labute approximate surface area is 104 Å². The Bertz CT molecular complexity index is 220. The van der Waals surface area contributed by atoms with Crippen LogP contribution in [0.4, 0.5) is 8.78 Å². The van der Waals surface area contributed by atoms with Gasteiger partial charge in [-0.2, -0.15) is 0 Å². The van der Waals surface area contributed by atoms with Gasteiger partial charge in [0.2, 0.25) is 0 Å². The monoisotopic (exact) mass is 247 g/mol. The number of hydrogen-bond donors (Lipinski definition) is 1. The third-order valence-electron chi connectivity index (χ3n) is 4.62. The molecule has 17 heavy (non-hydrogen) atoms. The van der Waals surface area contributed by atoms with Crippen LogP contribution in [0.25, 0.3) is 0 Å². The first-order valence-electron chi connectivity index (χ1n) is 6.91. The number of rotatable bonds is 5. The van der Waals surface area contributed by atoms with Crippen LogP contribution in [0.2, 0.25) is 0 Å². The first-order chi connectivity index (χ1) is 7.86. The first kappa shape index (κ1) is 14.9. The molecule has 0 spiro atoms. The molecule has 1 fully saturated rings. The van der Waals surface area contributed by atoms with Gasteiger partial charge in [-0.1, -0.05) is 27.2 Å². The highest BCUT2D eigenvalue weighted by molar-refractivity contribution is 4.86. The lowest BCUT2D eigenvalue weighted by atomic mass is 9.69. The van der Waals surface area contributed by atoms with Crippen LogP contribution in [-0.2, 0) is 0 Å². The standard InChI is InChI=1S/C14H27F2N/c1-5-14(3,4)11-6-8-12(9-7-11)17-10(2)13(15)16/h10-13,17H,5-9H2,1-4H3. The van der Waals surface area contributed by atoms with Crippen molar-refractivity contribution in [1.29, 1.82) is 0 Å². The molecule has 0 aliphatic heterocycles. The van der Waals surface area contributed by atoms with Crippen molar-refractivity contribution in [3.05, 3.63) is 0 Å². The molecule has 0 heterocycles. The van der Waals surface area contributed by atoms with Crippen LogP contribution in [-0.4, -0.2) is 18.5 Å². The average Bonchev–Trinajstić information content (AvgIpc) is 2.29. The van der Waals surface area contributed by atoms with Crippen molar-refractivity contribution in [3.8, 4) is 0 Å². The van der Waals surface area contributed by atoms with Gasteiger partial charge in [0, 0.05) is 6.04 Å². The minimum atomic E-state index is -2.25. The summed E-state index contributed by atoms with van der Waals surface area (Å²) in [4.78, 5) is 0. The second kappa shape index (κ2) is 6.12. The van der Waals surface area contributed by atoms with Crippen LogP contribution in [0.5, 0.6) is 0 Å². The lowest BCUT2D eigenvalue weighted by molar-refractivity contribution is 0.0845. The quantitative estimate of drug-likeness (QED) is 0.767. The molecular weight excluding hydrogens is 220 g/mol. The molecule has 0 bridgehead atoms. The van der Waals surface area contributed by atoms with E-state index in [0.29, 0.717) is 11.5 Å². The summed E-state index contributed by atoms with van der Waals surface area (Å²) >= 11 is 0. The zero-order valence-corrected chi connectivity index (χ0v) is 11.6. The minimum absolute atomic E-state index is 0.294. The number of halogens is 2. The fourth-order valence-corrected chi connectivity index (χ4v) is 2.77. The molecule has 0 radical (unpaired) electrons. The molecule has 1 rings (SSSR count). The van der Waals surface area contributed by atoms with Gasteiger partial charge in [0.25, 0.3) is 6.43 Å². The van der Waals surface area contributed by atoms with Crippen molar-refractivity contribution in [2.45, 2.75) is 78.3 Å². The minimum Gasteiger partial charge on any atom is -0.306 e. The summed E-state index contributed by atoms with van der Waals surface area (Å²) in [6.45, 7) is 8.47. The highest BCUT2D eigenvalue weighted by Crippen LogP contribution is 2.40. The molecule has 0 aromatic rings. The van der Waals surface area contributed by atoms with Crippen LogP contribution in [0, 0.1) is 11.3 Å². The molecule has 0 amide bonds. The van der Waals surface area contributed by atoms with E-state index in [4.69, 9.17) is 0 Å². The number of alkyl halides is 2. The fourth-order valence-electron chi connectivity index (χ4n) is 2.77. The Morgan fingerprint density at radius 3 is 2.12 bits per heavy atom. The second-order valence-corrected chi connectivity index (χ2v) is 6.18. The Kier molecular flexibility index (Phi) is 5.36. The maximum Gasteiger partial charge on any atom is 0.253 e. The Morgan fingerprint density at radius 1 is 1.18 bits per heavy atom. The van der Waals surface area contributed by atoms with Gasteiger partial charge >= 0.3 is 0 Å². The van der Waals surface area contributed by atoms with E-state index in [1.54, 1.807) is 6.92 Å². The predicted octanol–water partition coefficient (Wildman–Crippen LogP) is 4.22. The van der Waals surface area contributed by atoms with Gasteiger partial charge in [0.15, 0.2) is 0 Å². The third kappa shape index (κ3) is 4.20. The number of nitrogens with one attached hydrogen (secondary N) is 1. The van der Waals surface area contributed by atoms with Gasteiger partial charge in [0.1, 0.15) is 0 Å². The van der Waals surface area contributed by atoms with Crippen molar-refractivity contribution in [2.75, 3.05) is 0 Å². The summed E-state index contributed by atoms with van der Waals surface area (Å²) < 4.78 is 24.9. The lowest BCUT2D eigenvalue weighted by Gasteiger charge is -2.39. The smallest absolute Gasteiger partial charge is 0.253 e. The predicted molar refractivity (Wildman–Crippen MR) is 68.4 cm³/mol. The van der Waals surface area contributed by atoms with Crippen molar-refractivity contribution in [1.82, 2.24) is 5.32 Å². The Balaban J connectivity index is 2.36. The summed E-state index contributed by atoms with van der Waals surface area (Å²) in [6, 6.07) is -0.376. The highest BCUT2D eigenvalue weighted by Gasteiger charge is 2.32. The zero-order valence-electron chi connectivity index (χ0n) is 11.6. The topological polar surface area (TPSA) is 12.0 Å². The van der Waals surface area contributed by atoms with Gasteiger partial charge in [-0.15, -0.1) is 0 Å². The molecule has 0 aromatic heterocycles. The van der Waals surface area contributed by atoms with Crippen LogP contribution in [0.3, 0.4) is 0 Å². The van der Waals surface area contributed by atoms with E-state index in [1.165, 1.54) is 19.3 Å². The summed E-state index contributed by atoms with van der Waals surface area (Å²) in [6.07, 6.45) is 3.39. The van der Waals surface area contributed by atoms with E-state index in [2.05, 4.69) is 26.1 Å². The largest absolute Gasteiger partial charge is 0.306 e. The van der Waals surface area contributed by atoms with Gasteiger partial charge in [0.05, 0.1) is 6.04 Å². The summed E-state index contributed by atoms with van der Waals surface area (Å²) in [7, 11) is 0. The van der Waals surface area contributed by atoms with E-state index < -0.39 is 12.5 Å². The highest BCUT2D eigenvalue weighted by atomic mass is 19.3. The van der Waals surface area contributed by atoms with Crippen LogP contribution in [0.15, 0.2) is 0 Å². The molecule has 0 saturated heterocycles. The van der Waals surface area contributed by atoms with E-state index in [-0.39, 0.29) is 0 Å². The maximum absolute atomic E-state index is 12.4. The molecule has 1 unspecified atom stereocenters. The van der Waals surface area contributed by atoms with Crippen molar-refractivity contribution < 1.29 is 8.78 Å².